The van der Waals surface area contributed by atoms with Gasteiger partial charge in [-0.05, 0) is 38.3 Å². The van der Waals surface area contributed by atoms with Crippen molar-refractivity contribution in [3.8, 4) is 11.3 Å². The maximum absolute atomic E-state index is 13.3. The summed E-state index contributed by atoms with van der Waals surface area (Å²) in [7, 11) is 1.87. The number of aryl methyl sites for hydroxylation is 2. The molecule has 1 saturated carbocycles. The van der Waals surface area contributed by atoms with E-state index < -0.39 is 0 Å². The topological polar surface area (TPSA) is 85.8 Å². The molecule has 4 rings (SSSR count). The first kappa shape index (κ1) is 18.6. The number of pyridine rings is 1. The van der Waals surface area contributed by atoms with Crippen molar-refractivity contribution in [3.05, 3.63) is 47.7 Å². The van der Waals surface area contributed by atoms with Gasteiger partial charge in [0.05, 0.1) is 22.3 Å². The largest absolute Gasteiger partial charge is 0.349 e. The fourth-order valence-corrected chi connectivity index (χ4v) is 4.31. The fraction of sp³-hybridized carbons (Fsp3) is 0.409. The van der Waals surface area contributed by atoms with Gasteiger partial charge in [-0.2, -0.15) is 5.10 Å². The Labute approximate surface area is 165 Å². The summed E-state index contributed by atoms with van der Waals surface area (Å²) in [6.45, 7) is 2.53. The second kappa shape index (κ2) is 7.72. The molecule has 3 N–H and O–H groups in total. The summed E-state index contributed by atoms with van der Waals surface area (Å²) in [5, 5.41) is 8.58. The van der Waals surface area contributed by atoms with Crippen LogP contribution in [0.25, 0.3) is 22.3 Å². The number of hydrogen-bond acceptors (Lipinski definition) is 4. The number of nitrogens with one attached hydrogen (secondary N) is 1. The Kier molecular flexibility index (Phi) is 5.13. The maximum atomic E-state index is 13.3. The Morgan fingerprint density at radius 1 is 1.25 bits per heavy atom. The van der Waals surface area contributed by atoms with E-state index in [9.17, 15) is 4.79 Å². The van der Waals surface area contributed by atoms with E-state index in [0.717, 1.165) is 47.2 Å². The summed E-state index contributed by atoms with van der Waals surface area (Å²) in [5.74, 6) is 0.282. The van der Waals surface area contributed by atoms with Crippen molar-refractivity contribution in [1.82, 2.24) is 20.1 Å². The minimum atomic E-state index is -0.0639. The average Bonchev–Trinajstić information content (AvgIpc) is 3.02. The zero-order chi connectivity index (χ0) is 19.7. The molecule has 28 heavy (non-hydrogen) atoms. The Bertz CT molecular complexity index is 995. The molecule has 1 aliphatic rings. The summed E-state index contributed by atoms with van der Waals surface area (Å²) in [6, 6.07) is 12.0. The Balaban J connectivity index is 1.77. The van der Waals surface area contributed by atoms with Crippen LogP contribution in [-0.4, -0.2) is 33.3 Å². The predicted molar refractivity (Wildman–Crippen MR) is 111 cm³/mol. The molecule has 0 bridgehead atoms. The van der Waals surface area contributed by atoms with Crippen molar-refractivity contribution in [2.24, 2.45) is 18.7 Å². The smallest absolute Gasteiger partial charge is 0.252 e. The van der Waals surface area contributed by atoms with Crippen LogP contribution >= 0.6 is 0 Å². The molecule has 2 atom stereocenters. The van der Waals surface area contributed by atoms with E-state index in [1.54, 1.807) is 4.68 Å². The molecule has 2 aromatic heterocycles. The summed E-state index contributed by atoms with van der Waals surface area (Å²) >= 11 is 0. The lowest BCUT2D eigenvalue weighted by Gasteiger charge is -2.31. The number of carbonyl (C=O) groups excluding carboxylic acids is 1. The minimum Gasteiger partial charge on any atom is -0.349 e. The molecule has 0 aliphatic heterocycles. The molecule has 1 fully saturated rings. The van der Waals surface area contributed by atoms with Gasteiger partial charge in [-0.1, -0.05) is 43.2 Å². The van der Waals surface area contributed by atoms with Crippen LogP contribution in [-0.2, 0) is 7.05 Å². The molecule has 6 nitrogen and oxygen atoms in total. The van der Waals surface area contributed by atoms with Crippen LogP contribution in [0.4, 0.5) is 0 Å². The number of nitrogens with two attached hydrogens (primary N) is 1. The van der Waals surface area contributed by atoms with Crippen LogP contribution in [0.1, 0.15) is 41.7 Å². The SMILES string of the molecule is Cc1nn(C)c2nc(-c3ccccc3)cc(C(=O)NC3CCCCC3CN)c12. The molecule has 0 radical (unpaired) electrons. The van der Waals surface area contributed by atoms with Crippen LogP contribution in [0.5, 0.6) is 0 Å². The molecule has 1 aromatic carbocycles. The first-order chi connectivity index (χ1) is 13.6. The number of nitrogens with zero attached hydrogens (tertiary/aromatic N) is 3. The molecule has 3 aromatic rings. The molecule has 2 unspecified atom stereocenters. The first-order valence-electron chi connectivity index (χ1n) is 9.99. The maximum Gasteiger partial charge on any atom is 0.252 e. The highest BCUT2D eigenvalue weighted by atomic mass is 16.1. The van der Waals surface area contributed by atoms with Gasteiger partial charge in [0.25, 0.3) is 5.91 Å². The quantitative estimate of drug-likeness (QED) is 0.731. The van der Waals surface area contributed by atoms with E-state index in [1.807, 2.05) is 50.4 Å². The molecular formula is C22H27N5O. The van der Waals surface area contributed by atoms with Gasteiger partial charge >= 0.3 is 0 Å². The van der Waals surface area contributed by atoms with E-state index >= 15 is 0 Å². The van der Waals surface area contributed by atoms with Crippen molar-refractivity contribution in [1.29, 1.82) is 0 Å². The zero-order valence-corrected chi connectivity index (χ0v) is 16.5. The lowest BCUT2D eigenvalue weighted by Crippen LogP contribution is -2.44. The first-order valence-corrected chi connectivity index (χ1v) is 9.99. The van der Waals surface area contributed by atoms with Gasteiger partial charge in [0.15, 0.2) is 5.65 Å². The van der Waals surface area contributed by atoms with Crippen LogP contribution in [0, 0.1) is 12.8 Å². The van der Waals surface area contributed by atoms with Gasteiger partial charge < -0.3 is 11.1 Å². The molecular weight excluding hydrogens is 350 g/mol. The van der Waals surface area contributed by atoms with E-state index in [2.05, 4.69) is 10.4 Å². The highest BCUT2D eigenvalue weighted by molar-refractivity contribution is 6.07. The fourth-order valence-electron chi connectivity index (χ4n) is 4.31. The number of aromatic nitrogens is 3. The van der Waals surface area contributed by atoms with Crippen LogP contribution in [0.15, 0.2) is 36.4 Å². The van der Waals surface area contributed by atoms with Crippen molar-refractivity contribution >= 4 is 16.9 Å². The second-order valence-corrected chi connectivity index (χ2v) is 7.69. The third-order valence-electron chi connectivity index (χ3n) is 5.81. The summed E-state index contributed by atoms with van der Waals surface area (Å²) < 4.78 is 1.75. The van der Waals surface area contributed by atoms with Crippen LogP contribution in [0.3, 0.4) is 0 Å². The number of fused-ring (bicyclic) bond motifs is 1. The predicted octanol–water partition coefficient (Wildman–Crippen LogP) is 3.19. The van der Waals surface area contributed by atoms with Crippen molar-refractivity contribution < 1.29 is 4.79 Å². The van der Waals surface area contributed by atoms with E-state index in [0.29, 0.717) is 18.0 Å². The van der Waals surface area contributed by atoms with Gasteiger partial charge in [0.2, 0.25) is 0 Å². The zero-order valence-electron chi connectivity index (χ0n) is 16.5. The summed E-state index contributed by atoms with van der Waals surface area (Å²) in [4.78, 5) is 18.1. The normalized spacial score (nSPS) is 19.7. The lowest BCUT2D eigenvalue weighted by molar-refractivity contribution is 0.0909. The van der Waals surface area contributed by atoms with Crippen LogP contribution < -0.4 is 11.1 Å². The van der Waals surface area contributed by atoms with E-state index in [4.69, 9.17) is 10.7 Å². The highest BCUT2D eigenvalue weighted by Gasteiger charge is 2.27. The highest BCUT2D eigenvalue weighted by Crippen LogP contribution is 2.28. The van der Waals surface area contributed by atoms with Crippen molar-refractivity contribution in [2.45, 2.75) is 38.6 Å². The second-order valence-electron chi connectivity index (χ2n) is 7.69. The molecule has 0 spiro atoms. The monoisotopic (exact) mass is 377 g/mol. The van der Waals surface area contributed by atoms with Gasteiger partial charge in [-0.15, -0.1) is 0 Å². The third kappa shape index (κ3) is 3.40. The number of carbonyl (C=O) groups is 1. The lowest BCUT2D eigenvalue weighted by atomic mass is 9.84. The van der Waals surface area contributed by atoms with E-state index in [1.165, 1.54) is 6.42 Å². The van der Waals surface area contributed by atoms with Gasteiger partial charge in [0.1, 0.15) is 0 Å². The van der Waals surface area contributed by atoms with E-state index in [-0.39, 0.29) is 11.9 Å². The molecule has 146 valence electrons. The minimum absolute atomic E-state index is 0.0639. The van der Waals surface area contributed by atoms with Crippen molar-refractivity contribution in [2.75, 3.05) is 6.54 Å². The number of benzene rings is 1. The number of rotatable bonds is 4. The Hall–Kier alpha value is -2.73. The molecule has 2 heterocycles. The molecule has 1 amide bonds. The Morgan fingerprint density at radius 2 is 2.00 bits per heavy atom. The van der Waals surface area contributed by atoms with Gasteiger partial charge in [-0.25, -0.2) is 4.98 Å². The molecule has 6 heteroatoms. The van der Waals surface area contributed by atoms with Crippen LogP contribution in [0.2, 0.25) is 0 Å². The summed E-state index contributed by atoms with van der Waals surface area (Å²) in [5.41, 5.74) is 9.88. The number of hydrogen-bond donors (Lipinski definition) is 2. The Morgan fingerprint density at radius 3 is 2.75 bits per heavy atom. The average molecular weight is 377 g/mol. The third-order valence-corrected chi connectivity index (χ3v) is 5.81. The van der Waals surface area contributed by atoms with Gasteiger partial charge in [-0.3, -0.25) is 9.48 Å². The standard InChI is InChI=1S/C22H27N5O/c1-14-20-17(22(28)25-18-11-7-6-10-16(18)13-23)12-19(15-8-4-3-5-9-15)24-21(20)27(2)26-14/h3-5,8-9,12,16,18H,6-7,10-11,13,23H2,1-2H3,(H,25,28). The molecule has 1 aliphatic carbocycles. The van der Waals surface area contributed by atoms with Gasteiger partial charge in [0, 0.05) is 18.7 Å². The summed E-state index contributed by atoms with van der Waals surface area (Å²) in [6.07, 6.45) is 4.38. The molecule has 0 saturated heterocycles. The number of amides is 1. The van der Waals surface area contributed by atoms with Crippen molar-refractivity contribution in [3.63, 3.8) is 0 Å².